The molecule has 0 aliphatic carbocycles. The van der Waals surface area contributed by atoms with Crippen LogP contribution in [0.25, 0.3) is 5.69 Å². The van der Waals surface area contributed by atoms with Crippen molar-refractivity contribution in [3.05, 3.63) is 88.7 Å². The standard InChI is InChI=1S/C23H18F3N9O3/c24-23(25,26)13-1-6-17(34-11-27-10-30-34)16(9-13)33-22(37)32-15-4-2-14(3-5-15)31-21-19-18(36)7-8-28-20(19)29-12-35(21)38/h1-12,21,31,38H,(H,28,36)(H2,32,33,37). The zero-order valence-electron chi connectivity index (χ0n) is 19.1. The molecule has 0 fully saturated rings. The van der Waals surface area contributed by atoms with Crippen LogP contribution in [0.5, 0.6) is 0 Å². The number of nitrogens with one attached hydrogen (secondary N) is 4. The van der Waals surface area contributed by atoms with Crippen molar-refractivity contribution >= 4 is 35.2 Å². The molecule has 0 saturated carbocycles. The number of rotatable bonds is 5. The van der Waals surface area contributed by atoms with Gasteiger partial charge in [0.15, 0.2) is 11.6 Å². The van der Waals surface area contributed by atoms with Crippen LogP contribution >= 0.6 is 0 Å². The highest BCUT2D eigenvalue weighted by Gasteiger charge is 2.31. The van der Waals surface area contributed by atoms with E-state index in [1.54, 1.807) is 12.1 Å². The Hall–Kier alpha value is -5.18. The number of carbonyl (C=O) groups excluding carboxylic acids is 1. The first-order chi connectivity index (χ1) is 18.2. The summed E-state index contributed by atoms with van der Waals surface area (Å²) >= 11 is 0. The molecule has 5 rings (SSSR count). The molecule has 1 unspecified atom stereocenters. The maximum Gasteiger partial charge on any atom is 0.416 e. The predicted molar refractivity (Wildman–Crippen MR) is 131 cm³/mol. The average molecular weight is 525 g/mol. The zero-order valence-corrected chi connectivity index (χ0v) is 19.1. The van der Waals surface area contributed by atoms with Gasteiger partial charge < -0.3 is 20.9 Å². The Morgan fingerprint density at radius 1 is 1.05 bits per heavy atom. The van der Waals surface area contributed by atoms with E-state index in [0.29, 0.717) is 17.2 Å². The number of H-pyrrole nitrogens is 1. The third-order valence-corrected chi connectivity index (χ3v) is 5.50. The van der Waals surface area contributed by atoms with Crippen molar-refractivity contribution in [2.75, 3.05) is 16.0 Å². The molecule has 0 saturated heterocycles. The van der Waals surface area contributed by atoms with Gasteiger partial charge in [-0.1, -0.05) is 0 Å². The summed E-state index contributed by atoms with van der Waals surface area (Å²) in [4.78, 5) is 35.5. The smallest absolute Gasteiger partial charge is 0.359 e. The van der Waals surface area contributed by atoms with Crippen molar-refractivity contribution < 1.29 is 23.2 Å². The fraction of sp³-hybridized carbons (Fsp3) is 0.0870. The number of halogens is 3. The van der Waals surface area contributed by atoms with Gasteiger partial charge in [-0.15, -0.1) is 0 Å². The maximum absolute atomic E-state index is 13.2. The van der Waals surface area contributed by atoms with Gasteiger partial charge in [-0.05, 0) is 42.5 Å². The van der Waals surface area contributed by atoms with Gasteiger partial charge in [-0.25, -0.2) is 24.5 Å². The van der Waals surface area contributed by atoms with E-state index in [0.717, 1.165) is 23.5 Å². The number of aliphatic imine (C=N–C) groups is 1. The van der Waals surface area contributed by atoms with Crippen molar-refractivity contribution in [2.24, 2.45) is 4.99 Å². The highest BCUT2D eigenvalue weighted by atomic mass is 19.4. The Balaban J connectivity index is 1.30. The molecular formula is C23H18F3N9O3. The minimum Gasteiger partial charge on any atom is -0.359 e. The number of benzene rings is 2. The van der Waals surface area contributed by atoms with Crippen molar-refractivity contribution in [3.8, 4) is 5.69 Å². The van der Waals surface area contributed by atoms with E-state index >= 15 is 0 Å². The third kappa shape index (κ3) is 5.03. The first-order valence-corrected chi connectivity index (χ1v) is 10.9. The van der Waals surface area contributed by atoms with Gasteiger partial charge in [0.2, 0.25) is 0 Å². The van der Waals surface area contributed by atoms with Crippen LogP contribution in [0.15, 0.2) is 77.2 Å². The maximum atomic E-state index is 13.2. The number of hydroxylamine groups is 2. The molecule has 1 aliphatic heterocycles. The fourth-order valence-corrected chi connectivity index (χ4v) is 3.74. The molecule has 15 heteroatoms. The summed E-state index contributed by atoms with van der Waals surface area (Å²) in [7, 11) is 0. The Morgan fingerprint density at radius 3 is 2.53 bits per heavy atom. The topological polar surface area (TPSA) is 153 Å². The van der Waals surface area contributed by atoms with Crippen LogP contribution in [-0.4, -0.2) is 42.4 Å². The molecule has 12 nitrogen and oxygen atoms in total. The number of amides is 2. The minimum absolute atomic E-state index is 0.132. The normalized spacial score (nSPS) is 14.6. The van der Waals surface area contributed by atoms with Crippen LogP contribution in [0.2, 0.25) is 0 Å². The molecular weight excluding hydrogens is 507 g/mol. The summed E-state index contributed by atoms with van der Waals surface area (Å²) in [5.74, 6) is 0.301. The highest BCUT2D eigenvalue weighted by Crippen LogP contribution is 2.33. The second-order valence-electron chi connectivity index (χ2n) is 8.00. The Morgan fingerprint density at radius 2 is 1.82 bits per heavy atom. The van der Waals surface area contributed by atoms with Crippen LogP contribution in [0.4, 0.5) is 40.8 Å². The molecule has 2 aromatic heterocycles. The first-order valence-electron chi connectivity index (χ1n) is 10.9. The Bertz CT molecular complexity index is 1550. The summed E-state index contributed by atoms with van der Waals surface area (Å²) in [6, 6.07) is 9.60. The molecule has 5 N–H and O–H groups in total. The lowest BCUT2D eigenvalue weighted by Gasteiger charge is -2.29. The van der Waals surface area contributed by atoms with Crippen LogP contribution in [0, 0.1) is 0 Å². The molecule has 2 aromatic carbocycles. The largest absolute Gasteiger partial charge is 0.416 e. The molecule has 4 aromatic rings. The molecule has 2 amide bonds. The van der Waals surface area contributed by atoms with Crippen LogP contribution in [0.3, 0.4) is 0 Å². The molecule has 1 atom stereocenters. The third-order valence-electron chi connectivity index (χ3n) is 5.50. The number of carbonyl (C=O) groups is 1. The lowest BCUT2D eigenvalue weighted by atomic mass is 10.1. The van der Waals surface area contributed by atoms with Crippen molar-refractivity contribution in [1.82, 2.24) is 24.8 Å². The predicted octanol–water partition coefficient (Wildman–Crippen LogP) is 4.09. The quantitative estimate of drug-likeness (QED) is 0.263. The first kappa shape index (κ1) is 24.5. The Kier molecular flexibility index (Phi) is 6.26. The summed E-state index contributed by atoms with van der Waals surface area (Å²) < 4.78 is 41.0. The van der Waals surface area contributed by atoms with E-state index in [-0.39, 0.29) is 22.4 Å². The van der Waals surface area contributed by atoms with Gasteiger partial charge in [0, 0.05) is 23.6 Å². The molecule has 0 bridgehead atoms. The number of aromatic nitrogens is 4. The van der Waals surface area contributed by atoms with E-state index in [1.807, 2.05) is 0 Å². The number of hydrogen-bond acceptors (Lipinski definition) is 8. The van der Waals surface area contributed by atoms with Crippen molar-refractivity contribution in [1.29, 1.82) is 0 Å². The van der Waals surface area contributed by atoms with Crippen LogP contribution < -0.4 is 21.4 Å². The van der Waals surface area contributed by atoms with Gasteiger partial charge in [0.25, 0.3) is 0 Å². The van der Waals surface area contributed by atoms with Crippen LogP contribution in [0.1, 0.15) is 17.3 Å². The average Bonchev–Trinajstić information content (AvgIpc) is 3.41. The number of pyridine rings is 1. The van der Waals surface area contributed by atoms with E-state index in [9.17, 15) is 28.0 Å². The fourth-order valence-electron chi connectivity index (χ4n) is 3.74. The van der Waals surface area contributed by atoms with Gasteiger partial charge in [0.05, 0.1) is 22.5 Å². The second kappa shape index (κ2) is 9.70. The van der Waals surface area contributed by atoms with Gasteiger partial charge in [-0.2, -0.15) is 18.3 Å². The number of urea groups is 1. The lowest BCUT2D eigenvalue weighted by molar-refractivity contribution is -0.137. The zero-order chi connectivity index (χ0) is 26.9. The summed E-state index contributed by atoms with van der Waals surface area (Å²) in [6.07, 6.45) is -0.446. The molecule has 3 heterocycles. The lowest BCUT2D eigenvalue weighted by Crippen LogP contribution is -2.35. The highest BCUT2D eigenvalue weighted by molar-refractivity contribution is 6.01. The molecule has 38 heavy (non-hydrogen) atoms. The summed E-state index contributed by atoms with van der Waals surface area (Å²) in [6.45, 7) is 0. The van der Waals surface area contributed by atoms with E-state index in [2.05, 4.69) is 36.0 Å². The molecule has 1 aliphatic rings. The summed E-state index contributed by atoms with van der Waals surface area (Å²) in [5, 5.41) is 22.8. The second-order valence-corrected chi connectivity index (χ2v) is 8.00. The number of aromatic amines is 1. The van der Waals surface area contributed by atoms with E-state index < -0.39 is 23.9 Å². The van der Waals surface area contributed by atoms with Gasteiger partial charge >= 0.3 is 12.2 Å². The number of nitrogens with zero attached hydrogens (tertiary/aromatic N) is 5. The van der Waals surface area contributed by atoms with Crippen molar-refractivity contribution in [3.63, 3.8) is 0 Å². The van der Waals surface area contributed by atoms with Crippen molar-refractivity contribution in [2.45, 2.75) is 12.3 Å². The SMILES string of the molecule is O=C(Nc1ccc(NC2c3c([nH]ccc3=O)N=CN2O)cc1)Nc1cc(C(F)(F)F)ccc1-n1cncn1. The number of alkyl halides is 3. The minimum atomic E-state index is -4.61. The van der Waals surface area contributed by atoms with Gasteiger partial charge in [0.1, 0.15) is 24.8 Å². The summed E-state index contributed by atoms with van der Waals surface area (Å²) in [5.41, 5.74) is -0.192. The van der Waals surface area contributed by atoms with E-state index in [4.69, 9.17) is 0 Å². The Labute approximate surface area is 211 Å². The number of anilines is 3. The van der Waals surface area contributed by atoms with Gasteiger partial charge in [-0.3, -0.25) is 10.0 Å². The molecule has 194 valence electrons. The number of fused-ring (bicyclic) bond motifs is 1. The molecule has 0 spiro atoms. The monoisotopic (exact) mass is 525 g/mol. The van der Waals surface area contributed by atoms with E-state index in [1.165, 1.54) is 47.8 Å². The number of hydrogen-bond donors (Lipinski definition) is 5. The van der Waals surface area contributed by atoms with Crippen LogP contribution in [-0.2, 0) is 6.18 Å². The molecule has 0 radical (unpaired) electrons.